The van der Waals surface area contributed by atoms with Gasteiger partial charge in [0.1, 0.15) is 25.5 Å². The fourth-order valence-corrected chi connectivity index (χ4v) is 1.55. The van der Waals surface area contributed by atoms with Crippen LogP contribution in [-0.2, 0) is 23.9 Å². The van der Waals surface area contributed by atoms with Gasteiger partial charge in [-0.3, -0.25) is 19.7 Å². The van der Waals surface area contributed by atoms with Crippen LogP contribution in [0.5, 0.6) is 0 Å². The number of carbonyl (C=O) groups is 3. The SMILES string of the molecule is O=C1CCC(NC(=O)C2=COCCO2)C(=O)N1. The molecule has 0 aliphatic carbocycles. The number of hydrogen-bond donors (Lipinski definition) is 2. The van der Waals surface area contributed by atoms with Crippen molar-refractivity contribution >= 4 is 17.7 Å². The molecule has 7 heteroatoms. The molecule has 2 heterocycles. The number of ether oxygens (including phenoxy) is 2. The molecule has 0 aromatic rings. The third kappa shape index (κ3) is 2.74. The second-order valence-corrected chi connectivity index (χ2v) is 3.68. The average Bonchev–Trinajstić information content (AvgIpc) is 2.34. The molecule has 0 bridgehead atoms. The van der Waals surface area contributed by atoms with Gasteiger partial charge in [0.25, 0.3) is 5.91 Å². The molecule has 0 spiro atoms. The summed E-state index contributed by atoms with van der Waals surface area (Å²) in [5.74, 6) is -1.29. The van der Waals surface area contributed by atoms with Crippen molar-refractivity contribution in [2.75, 3.05) is 13.2 Å². The first-order valence-corrected chi connectivity index (χ1v) is 5.26. The minimum atomic E-state index is -0.702. The van der Waals surface area contributed by atoms with E-state index in [-0.39, 0.29) is 18.1 Å². The molecule has 1 saturated heterocycles. The molecule has 2 aliphatic heterocycles. The summed E-state index contributed by atoms with van der Waals surface area (Å²) < 4.78 is 10.00. The molecular formula is C10H12N2O5. The molecule has 0 aromatic heterocycles. The topological polar surface area (TPSA) is 93.7 Å². The lowest BCUT2D eigenvalue weighted by Crippen LogP contribution is -2.52. The lowest BCUT2D eigenvalue weighted by atomic mass is 10.1. The maximum absolute atomic E-state index is 11.6. The molecule has 1 fully saturated rings. The number of nitrogens with one attached hydrogen (secondary N) is 2. The maximum atomic E-state index is 11.6. The molecule has 0 saturated carbocycles. The van der Waals surface area contributed by atoms with Crippen molar-refractivity contribution in [3.8, 4) is 0 Å². The smallest absolute Gasteiger partial charge is 0.290 e. The van der Waals surface area contributed by atoms with Crippen LogP contribution in [0.1, 0.15) is 12.8 Å². The van der Waals surface area contributed by atoms with Gasteiger partial charge in [-0.2, -0.15) is 0 Å². The molecule has 2 aliphatic rings. The predicted molar refractivity (Wildman–Crippen MR) is 54.3 cm³/mol. The van der Waals surface area contributed by atoms with Gasteiger partial charge in [0.15, 0.2) is 0 Å². The zero-order valence-electron chi connectivity index (χ0n) is 9.02. The summed E-state index contributed by atoms with van der Waals surface area (Å²) in [7, 11) is 0. The van der Waals surface area contributed by atoms with E-state index in [9.17, 15) is 14.4 Å². The first kappa shape index (κ1) is 11.4. The first-order valence-electron chi connectivity index (χ1n) is 5.26. The monoisotopic (exact) mass is 240 g/mol. The molecule has 17 heavy (non-hydrogen) atoms. The van der Waals surface area contributed by atoms with Gasteiger partial charge in [-0.25, -0.2) is 0 Å². The Kier molecular flexibility index (Phi) is 3.27. The van der Waals surface area contributed by atoms with Crippen LogP contribution in [0.25, 0.3) is 0 Å². The van der Waals surface area contributed by atoms with Crippen molar-refractivity contribution in [1.29, 1.82) is 0 Å². The van der Waals surface area contributed by atoms with E-state index in [1.54, 1.807) is 0 Å². The van der Waals surface area contributed by atoms with E-state index in [1.807, 2.05) is 0 Å². The van der Waals surface area contributed by atoms with Gasteiger partial charge >= 0.3 is 0 Å². The van der Waals surface area contributed by atoms with E-state index >= 15 is 0 Å². The lowest BCUT2D eigenvalue weighted by molar-refractivity contribution is -0.137. The van der Waals surface area contributed by atoms with Crippen LogP contribution in [0.15, 0.2) is 12.0 Å². The minimum Gasteiger partial charge on any atom is -0.494 e. The normalized spacial score (nSPS) is 24.0. The molecule has 2 N–H and O–H groups in total. The van der Waals surface area contributed by atoms with E-state index in [0.717, 1.165) is 0 Å². The van der Waals surface area contributed by atoms with Crippen LogP contribution >= 0.6 is 0 Å². The summed E-state index contributed by atoms with van der Waals surface area (Å²) in [5, 5.41) is 4.64. The van der Waals surface area contributed by atoms with E-state index in [1.165, 1.54) is 6.26 Å². The van der Waals surface area contributed by atoms with Gasteiger partial charge in [0.05, 0.1) is 0 Å². The fraction of sp³-hybridized carbons (Fsp3) is 0.500. The lowest BCUT2D eigenvalue weighted by Gasteiger charge is -2.23. The number of carbonyl (C=O) groups excluding carboxylic acids is 3. The molecule has 1 atom stereocenters. The summed E-state index contributed by atoms with van der Waals surface area (Å²) in [6.45, 7) is 0.698. The summed E-state index contributed by atoms with van der Waals surface area (Å²) in [6.07, 6.45) is 1.72. The second-order valence-electron chi connectivity index (χ2n) is 3.68. The molecule has 0 radical (unpaired) electrons. The number of imide groups is 1. The van der Waals surface area contributed by atoms with Crippen LogP contribution in [-0.4, -0.2) is 37.0 Å². The third-order valence-electron chi connectivity index (χ3n) is 2.42. The van der Waals surface area contributed by atoms with Crippen LogP contribution < -0.4 is 10.6 Å². The summed E-state index contributed by atoms with van der Waals surface area (Å²) in [6, 6.07) is -0.702. The van der Waals surface area contributed by atoms with Crippen molar-refractivity contribution in [3.05, 3.63) is 12.0 Å². The zero-order chi connectivity index (χ0) is 12.3. The molecule has 1 unspecified atom stereocenters. The van der Waals surface area contributed by atoms with Crippen LogP contribution in [0.4, 0.5) is 0 Å². The van der Waals surface area contributed by atoms with Crippen molar-refractivity contribution in [3.63, 3.8) is 0 Å². The number of rotatable bonds is 2. The molecule has 7 nitrogen and oxygen atoms in total. The Labute approximate surface area is 97.1 Å². The second kappa shape index (κ2) is 4.86. The maximum Gasteiger partial charge on any atom is 0.290 e. The summed E-state index contributed by atoms with van der Waals surface area (Å²) in [5.41, 5.74) is 0. The largest absolute Gasteiger partial charge is 0.494 e. The van der Waals surface area contributed by atoms with Crippen molar-refractivity contribution in [2.45, 2.75) is 18.9 Å². The highest BCUT2D eigenvalue weighted by atomic mass is 16.6. The Morgan fingerprint density at radius 1 is 1.41 bits per heavy atom. The van der Waals surface area contributed by atoms with Crippen molar-refractivity contribution < 1.29 is 23.9 Å². The van der Waals surface area contributed by atoms with Gasteiger partial charge in [-0.05, 0) is 6.42 Å². The Morgan fingerprint density at radius 2 is 2.24 bits per heavy atom. The predicted octanol–water partition coefficient (Wildman–Crippen LogP) is -1.20. The van der Waals surface area contributed by atoms with Gasteiger partial charge in [-0.15, -0.1) is 0 Å². The van der Waals surface area contributed by atoms with E-state index in [4.69, 9.17) is 9.47 Å². The molecule has 0 aromatic carbocycles. The van der Waals surface area contributed by atoms with Gasteiger partial charge in [-0.1, -0.05) is 0 Å². The highest BCUT2D eigenvalue weighted by Crippen LogP contribution is 2.08. The van der Waals surface area contributed by atoms with Gasteiger partial charge < -0.3 is 14.8 Å². The highest BCUT2D eigenvalue weighted by molar-refractivity contribution is 6.03. The third-order valence-corrected chi connectivity index (χ3v) is 2.42. The standard InChI is InChI=1S/C10H12N2O5/c13-8-2-1-6(9(14)12-8)11-10(15)7-5-16-3-4-17-7/h5-6H,1-4H2,(H,11,15)(H,12,13,14). The zero-order valence-corrected chi connectivity index (χ0v) is 9.02. The van der Waals surface area contributed by atoms with Crippen LogP contribution in [0, 0.1) is 0 Å². The summed E-state index contributed by atoms with van der Waals surface area (Å²) >= 11 is 0. The Bertz CT molecular complexity index is 390. The van der Waals surface area contributed by atoms with Crippen LogP contribution in [0.2, 0.25) is 0 Å². The highest BCUT2D eigenvalue weighted by Gasteiger charge is 2.29. The molecule has 3 amide bonds. The van der Waals surface area contributed by atoms with Gasteiger partial charge in [0, 0.05) is 6.42 Å². The molecule has 2 rings (SSSR count). The number of piperidine rings is 1. The minimum absolute atomic E-state index is 0.0425. The Balaban J connectivity index is 1.92. The van der Waals surface area contributed by atoms with E-state index < -0.39 is 17.9 Å². The van der Waals surface area contributed by atoms with Crippen molar-refractivity contribution in [2.24, 2.45) is 0 Å². The average molecular weight is 240 g/mol. The van der Waals surface area contributed by atoms with E-state index in [2.05, 4.69) is 10.6 Å². The van der Waals surface area contributed by atoms with E-state index in [0.29, 0.717) is 19.6 Å². The molecular weight excluding hydrogens is 228 g/mol. The Morgan fingerprint density at radius 3 is 2.88 bits per heavy atom. The summed E-state index contributed by atoms with van der Waals surface area (Å²) in [4.78, 5) is 33.9. The fourth-order valence-electron chi connectivity index (χ4n) is 1.55. The number of amides is 3. The van der Waals surface area contributed by atoms with Crippen LogP contribution in [0.3, 0.4) is 0 Å². The Hall–Kier alpha value is -2.05. The number of hydrogen-bond acceptors (Lipinski definition) is 5. The molecule has 92 valence electrons. The quantitative estimate of drug-likeness (QED) is 0.591. The van der Waals surface area contributed by atoms with Crippen molar-refractivity contribution in [1.82, 2.24) is 10.6 Å². The van der Waals surface area contributed by atoms with Gasteiger partial charge in [0.2, 0.25) is 17.6 Å². The first-order chi connectivity index (χ1) is 8.16.